The third kappa shape index (κ3) is 4.56. The Labute approximate surface area is 208 Å². The number of pyridine rings is 1. The highest BCUT2D eigenvalue weighted by Gasteiger charge is 2.24. The third-order valence-corrected chi connectivity index (χ3v) is 7.39. The highest BCUT2D eigenvalue weighted by Crippen LogP contribution is 2.32. The molecule has 7 heteroatoms. The maximum absolute atomic E-state index is 13.3. The van der Waals surface area contributed by atoms with E-state index in [1.165, 1.54) is 18.3 Å². The van der Waals surface area contributed by atoms with E-state index in [0.29, 0.717) is 16.4 Å². The fraction of sp³-hybridized carbons (Fsp3) is 0.286. The number of hydrogen-bond donors (Lipinski definition) is 0. The largest absolute Gasteiger partial charge is 0.456 e. The number of nitrogens with zero attached hydrogens (tertiary/aromatic N) is 3. The van der Waals surface area contributed by atoms with E-state index in [-0.39, 0.29) is 18.5 Å². The van der Waals surface area contributed by atoms with Crippen LogP contribution in [0.25, 0.3) is 10.9 Å². The van der Waals surface area contributed by atoms with E-state index in [9.17, 15) is 9.59 Å². The van der Waals surface area contributed by atoms with Crippen LogP contribution in [0.2, 0.25) is 0 Å². The lowest BCUT2D eigenvalue weighted by molar-refractivity contribution is -0.115. The van der Waals surface area contributed by atoms with E-state index in [2.05, 4.69) is 4.98 Å². The van der Waals surface area contributed by atoms with Gasteiger partial charge in [0.25, 0.3) is 0 Å². The first-order valence-electron chi connectivity index (χ1n) is 11.8. The molecule has 0 bridgehead atoms. The summed E-state index contributed by atoms with van der Waals surface area (Å²) >= 11 is 1.36. The molecule has 0 N–H and O–H groups in total. The molecule has 0 saturated heterocycles. The minimum Gasteiger partial charge on any atom is -0.456 e. The predicted octanol–water partition coefficient (Wildman–Crippen LogP) is 6.23. The van der Waals surface area contributed by atoms with Crippen molar-refractivity contribution in [3.63, 3.8) is 0 Å². The summed E-state index contributed by atoms with van der Waals surface area (Å²) in [7, 11) is 0. The van der Waals surface area contributed by atoms with Gasteiger partial charge in [-0.15, -0.1) is 11.3 Å². The Morgan fingerprint density at radius 3 is 2.63 bits per heavy atom. The number of aromatic nitrogens is 2. The summed E-state index contributed by atoms with van der Waals surface area (Å²) in [5, 5.41) is 3.22. The summed E-state index contributed by atoms with van der Waals surface area (Å²) in [6, 6.07) is 13.6. The van der Waals surface area contributed by atoms with E-state index in [4.69, 9.17) is 9.72 Å². The number of fused-ring (bicyclic) bond motifs is 2. The number of carbonyl (C=O) groups excluding carboxylic acids is 2. The van der Waals surface area contributed by atoms with Crippen molar-refractivity contribution in [3.05, 3.63) is 81.5 Å². The van der Waals surface area contributed by atoms with Crippen molar-refractivity contribution in [2.75, 3.05) is 4.90 Å². The van der Waals surface area contributed by atoms with Crippen LogP contribution >= 0.6 is 11.3 Å². The van der Waals surface area contributed by atoms with Crippen LogP contribution in [0.4, 0.5) is 10.8 Å². The fourth-order valence-corrected chi connectivity index (χ4v) is 5.45. The Balaban J connectivity index is 1.39. The van der Waals surface area contributed by atoms with Crippen molar-refractivity contribution in [2.45, 2.75) is 53.1 Å². The van der Waals surface area contributed by atoms with E-state index in [1.54, 1.807) is 4.90 Å². The highest BCUT2D eigenvalue weighted by molar-refractivity contribution is 7.14. The normalized spacial score (nSPS) is 12.9. The van der Waals surface area contributed by atoms with Crippen molar-refractivity contribution in [3.8, 4) is 0 Å². The van der Waals surface area contributed by atoms with Crippen molar-refractivity contribution in [2.24, 2.45) is 0 Å². The molecule has 0 fully saturated rings. The minimum atomic E-state index is -0.353. The van der Waals surface area contributed by atoms with E-state index in [1.807, 2.05) is 61.7 Å². The molecule has 2 aromatic heterocycles. The predicted molar refractivity (Wildman–Crippen MR) is 138 cm³/mol. The number of rotatable bonds is 5. The quantitative estimate of drug-likeness (QED) is 0.313. The van der Waals surface area contributed by atoms with Crippen molar-refractivity contribution < 1.29 is 14.3 Å². The average Bonchev–Trinajstić information content (AvgIpc) is 3.31. The molecule has 0 atom stereocenters. The molecule has 6 nitrogen and oxygen atoms in total. The van der Waals surface area contributed by atoms with Gasteiger partial charge in [-0.1, -0.05) is 24.3 Å². The maximum atomic E-state index is 13.3. The van der Waals surface area contributed by atoms with Gasteiger partial charge < -0.3 is 4.74 Å². The first-order chi connectivity index (χ1) is 16.9. The first-order valence-corrected chi connectivity index (χ1v) is 12.7. The first kappa shape index (κ1) is 23.2. The molecular formula is C28H27N3O3S. The van der Waals surface area contributed by atoms with Crippen LogP contribution in [0, 0.1) is 13.8 Å². The number of esters is 1. The van der Waals surface area contributed by atoms with Gasteiger partial charge in [-0.3, -0.25) is 14.7 Å². The van der Waals surface area contributed by atoms with Gasteiger partial charge in [-0.25, -0.2) is 9.78 Å². The van der Waals surface area contributed by atoms with Gasteiger partial charge in [-0.2, -0.15) is 0 Å². The molecule has 4 aromatic rings. The number of ether oxygens (including phenoxy) is 1. The number of para-hydroxylation sites is 1. The van der Waals surface area contributed by atoms with Gasteiger partial charge in [-0.05, 0) is 74.4 Å². The SMILES string of the molecule is CC(=O)N(c1ccc(C)c(C)c1)c1nc(COC(=O)c2c3c(nc4ccccc24)CCCC3)cs1. The highest BCUT2D eigenvalue weighted by atomic mass is 32.1. The molecule has 1 aliphatic carbocycles. The Kier molecular flexibility index (Phi) is 6.34. The summed E-state index contributed by atoms with van der Waals surface area (Å²) < 4.78 is 5.76. The van der Waals surface area contributed by atoms with Gasteiger partial charge in [0.15, 0.2) is 5.13 Å². The zero-order chi connectivity index (χ0) is 24.5. The number of amides is 1. The number of benzene rings is 2. The molecule has 5 rings (SSSR count). The van der Waals surface area contributed by atoms with Crippen molar-refractivity contribution in [1.82, 2.24) is 9.97 Å². The van der Waals surface area contributed by atoms with Gasteiger partial charge in [0.1, 0.15) is 6.61 Å². The average molecular weight is 486 g/mol. The smallest absolute Gasteiger partial charge is 0.339 e. The molecule has 0 aliphatic heterocycles. The number of hydrogen-bond acceptors (Lipinski definition) is 6. The lowest BCUT2D eigenvalue weighted by atomic mass is 9.90. The molecule has 1 aliphatic rings. The molecule has 0 saturated carbocycles. The molecule has 0 unspecified atom stereocenters. The van der Waals surface area contributed by atoms with Crippen molar-refractivity contribution >= 4 is 44.9 Å². The number of anilines is 2. The fourth-order valence-electron chi connectivity index (χ4n) is 4.57. The van der Waals surface area contributed by atoms with Gasteiger partial charge in [0.2, 0.25) is 5.91 Å². The van der Waals surface area contributed by atoms with Crippen LogP contribution in [0.15, 0.2) is 47.8 Å². The summed E-state index contributed by atoms with van der Waals surface area (Å²) in [5.74, 6) is -0.477. The molecule has 35 heavy (non-hydrogen) atoms. The monoisotopic (exact) mass is 485 g/mol. The topological polar surface area (TPSA) is 72.4 Å². The third-order valence-electron chi connectivity index (χ3n) is 6.52. The van der Waals surface area contributed by atoms with Gasteiger partial charge in [0.05, 0.1) is 22.5 Å². The van der Waals surface area contributed by atoms with E-state index >= 15 is 0 Å². The van der Waals surface area contributed by atoms with Crippen LogP contribution in [-0.4, -0.2) is 21.8 Å². The molecule has 0 spiro atoms. The second-order valence-electron chi connectivity index (χ2n) is 8.96. The molecule has 2 aromatic carbocycles. The lowest BCUT2D eigenvalue weighted by Gasteiger charge is -2.20. The number of thiazole rings is 1. The van der Waals surface area contributed by atoms with Crippen LogP contribution in [0.1, 0.15) is 58.2 Å². The molecule has 1 amide bonds. The summed E-state index contributed by atoms with van der Waals surface area (Å²) in [6.07, 6.45) is 3.85. The van der Waals surface area contributed by atoms with Gasteiger partial charge in [0, 0.05) is 23.4 Å². The van der Waals surface area contributed by atoms with Crippen LogP contribution in [0.5, 0.6) is 0 Å². The summed E-state index contributed by atoms with van der Waals surface area (Å²) in [6.45, 7) is 5.62. The number of carbonyl (C=O) groups is 2. The minimum absolute atomic E-state index is 0.0411. The molecule has 178 valence electrons. The van der Waals surface area contributed by atoms with Gasteiger partial charge >= 0.3 is 5.97 Å². The van der Waals surface area contributed by atoms with Crippen molar-refractivity contribution in [1.29, 1.82) is 0 Å². The second kappa shape index (κ2) is 9.58. The zero-order valence-electron chi connectivity index (χ0n) is 20.1. The van der Waals surface area contributed by atoms with Crippen LogP contribution < -0.4 is 4.90 Å². The van der Waals surface area contributed by atoms with E-state index in [0.717, 1.165) is 64.7 Å². The Morgan fingerprint density at radius 1 is 1.03 bits per heavy atom. The zero-order valence-corrected chi connectivity index (χ0v) is 20.9. The molecular weight excluding hydrogens is 458 g/mol. The Bertz CT molecular complexity index is 1440. The van der Waals surface area contributed by atoms with Crippen LogP contribution in [0.3, 0.4) is 0 Å². The summed E-state index contributed by atoms with van der Waals surface area (Å²) in [5.41, 5.74) is 7.11. The molecule has 0 radical (unpaired) electrons. The van der Waals surface area contributed by atoms with E-state index < -0.39 is 0 Å². The Hall–Kier alpha value is -3.58. The number of aryl methyl sites for hydroxylation is 3. The van der Waals surface area contributed by atoms with Crippen LogP contribution in [-0.2, 0) is 29.0 Å². The maximum Gasteiger partial charge on any atom is 0.339 e. The Morgan fingerprint density at radius 2 is 1.83 bits per heavy atom. The second-order valence-corrected chi connectivity index (χ2v) is 9.79. The standard InChI is InChI=1S/C28H27N3O3S/c1-17-12-13-21(14-18(17)2)31(19(3)32)28-29-20(16-35-28)15-34-27(33)26-22-8-4-6-10-24(22)30-25-11-7-5-9-23(25)26/h4,6,8,10,12-14,16H,5,7,9,11,15H2,1-3H3. The summed E-state index contributed by atoms with van der Waals surface area (Å²) in [4.78, 5) is 36.8. The lowest BCUT2D eigenvalue weighted by Crippen LogP contribution is -2.22. The molecule has 2 heterocycles.